The minimum absolute atomic E-state index is 0.771. The second-order valence-electron chi connectivity index (χ2n) is 5.66. The second kappa shape index (κ2) is 6.44. The highest BCUT2D eigenvalue weighted by atomic mass is 32.2. The van der Waals surface area contributed by atoms with E-state index in [1.54, 1.807) is 0 Å². The molecule has 1 saturated carbocycles. The van der Waals surface area contributed by atoms with Crippen LogP contribution in [-0.2, 0) is 0 Å². The average Bonchev–Trinajstić information content (AvgIpc) is 2.29. The summed E-state index contributed by atoms with van der Waals surface area (Å²) in [4.78, 5) is 2.79. The van der Waals surface area contributed by atoms with Gasteiger partial charge in [-0.1, -0.05) is 13.8 Å². The molecule has 17 heavy (non-hydrogen) atoms. The fourth-order valence-corrected chi connectivity index (χ4v) is 4.24. The van der Waals surface area contributed by atoms with E-state index in [0.717, 1.165) is 23.3 Å². The van der Waals surface area contributed by atoms with Gasteiger partial charge in [-0.2, -0.15) is 11.8 Å². The topological polar surface area (TPSA) is 15.3 Å². The van der Waals surface area contributed by atoms with Crippen LogP contribution in [0.25, 0.3) is 0 Å². The Kier molecular flexibility index (Phi) is 5.19. The summed E-state index contributed by atoms with van der Waals surface area (Å²) < 4.78 is 0. The van der Waals surface area contributed by atoms with Crippen molar-refractivity contribution in [1.82, 2.24) is 10.2 Å². The third-order valence-electron chi connectivity index (χ3n) is 4.57. The lowest BCUT2D eigenvalue weighted by Gasteiger charge is -2.50. The lowest BCUT2D eigenvalue weighted by atomic mass is 9.77. The van der Waals surface area contributed by atoms with Crippen molar-refractivity contribution in [2.24, 2.45) is 5.92 Å². The van der Waals surface area contributed by atoms with E-state index in [9.17, 15) is 0 Å². The Morgan fingerprint density at radius 1 is 1.29 bits per heavy atom. The molecule has 0 bridgehead atoms. The largest absolute Gasteiger partial charge is 0.316 e. The van der Waals surface area contributed by atoms with E-state index in [2.05, 4.69) is 42.7 Å². The van der Waals surface area contributed by atoms with Gasteiger partial charge in [0, 0.05) is 29.6 Å². The number of rotatable bonds is 5. The minimum Gasteiger partial charge on any atom is -0.316 e. The van der Waals surface area contributed by atoms with E-state index >= 15 is 0 Å². The van der Waals surface area contributed by atoms with Crippen molar-refractivity contribution in [2.45, 2.75) is 57.4 Å². The molecule has 1 saturated heterocycles. The van der Waals surface area contributed by atoms with Gasteiger partial charge < -0.3 is 5.32 Å². The monoisotopic (exact) mass is 256 g/mol. The number of nitrogens with one attached hydrogen (secondary N) is 1. The van der Waals surface area contributed by atoms with Crippen molar-refractivity contribution < 1.29 is 0 Å². The van der Waals surface area contributed by atoms with Gasteiger partial charge in [0.05, 0.1) is 0 Å². The third kappa shape index (κ3) is 3.18. The van der Waals surface area contributed by atoms with E-state index < -0.39 is 0 Å². The fourth-order valence-electron chi connectivity index (χ4n) is 3.11. The molecule has 0 aromatic rings. The molecule has 0 aromatic carbocycles. The molecule has 1 N–H and O–H groups in total. The van der Waals surface area contributed by atoms with E-state index in [-0.39, 0.29) is 0 Å². The molecule has 100 valence electrons. The molecule has 1 aliphatic heterocycles. The molecule has 1 heterocycles. The summed E-state index contributed by atoms with van der Waals surface area (Å²) in [5.74, 6) is 2.25. The molecule has 2 nitrogen and oxygen atoms in total. The van der Waals surface area contributed by atoms with Crippen LogP contribution < -0.4 is 5.32 Å². The molecular formula is C14H28N2S. The highest BCUT2D eigenvalue weighted by molar-refractivity contribution is 8.00. The summed E-state index contributed by atoms with van der Waals surface area (Å²) in [7, 11) is 0. The summed E-state index contributed by atoms with van der Waals surface area (Å²) in [6.45, 7) is 10.8. The Balaban J connectivity index is 1.80. The summed E-state index contributed by atoms with van der Waals surface area (Å²) in [6, 6.07) is 1.64. The quantitative estimate of drug-likeness (QED) is 0.761. The molecule has 2 fully saturated rings. The number of thioether (sulfide) groups is 1. The molecule has 3 heteroatoms. The zero-order valence-electron chi connectivity index (χ0n) is 11.6. The van der Waals surface area contributed by atoms with Crippen LogP contribution in [0.15, 0.2) is 0 Å². The van der Waals surface area contributed by atoms with Crippen LogP contribution in [0.3, 0.4) is 0 Å². The van der Waals surface area contributed by atoms with E-state index in [4.69, 9.17) is 0 Å². The predicted octanol–water partition coefficient (Wildman–Crippen LogP) is 2.59. The highest BCUT2D eigenvalue weighted by Gasteiger charge is 2.39. The van der Waals surface area contributed by atoms with E-state index in [1.165, 1.54) is 44.6 Å². The average molecular weight is 256 g/mol. The first kappa shape index (κ1) is 13.7. The standard InChI is InChI=1S/C14H28N2S/c1-4-7-15-10-13-5-6-14(13)16-8-9-17-12(3)11(16)2/h11-15H,4-10H2,1-3H3. The van der Waals surface area contributed by atoms with Gasteiger partial charge in [0.1, 0.15) is 0 Å². The first-order chi connectivity index (χ1) is 8.24. The third-order valence-corrected chi connectivity index (χ3v) is 5.91. The first-order valence-electron chi connectivity index (χ1n) is 7.32. The zero-order valence-corrected chi connectivity index (χ0v) is 12.4. The van der Waals surface area contributed by atoms with Crippen LogP contribution in [0.2, 0.25) is 0 Å². The van der Waals surface area contributed by atoms with Gasteiger partial charge in [-0.3, -0.25) is 4.90 Å². The number of nitrogens with zero attached hydrogens (tertiary/aromatic N) is 1. The van der Waals surface area contributed by atoms with Crippen LogP contribution in [-0.4, -0.2) is 47.6 Å². The highest BCUT2D eigenvalue weighted by Crippen LogP contribution is 2.36. The van der Waals surface area contributed by atoms with Gasteiger partial charge in [0.15, 0.2) is 0 Å². The van der Waals surface area contributed by atoms with Crippen molar-refractivity contribution >= 4 is 11.8 Å². The minimum atomic E-state index is 0.771. The predicted molar refractivity (Wildman–Crippen MR) is 77.8 cm³/mol. The molecule has 0 spiro atoms. The van der Waals surface area contributed by atoms with Crippen molar-refractivity contribution in [2.75, 3.05) is 25.4 Å². The van der Waals surface area contributed by atoms with Crippen molar-refractivity contribution in [3.05, 3.63) is 0 Å². The molecule has 0 radical (unpaired) electrons. The van der Waals surface area contributed by atoms with Crippen molar-refractivity contribution in [3.63, 3.8) is 0 Å². The number of hydrogen-bond acceptors (Lipinski definition) is 3. The summed E-state index contributed by atoms with van der Waals surface area (Å²) in [5.41, 5.74) is 0. The lowest BCUT2D eigenvalue weighted by molar-refractivity contribution is 0.0351. The van der Waals surface area contributed by atoms with E-state index in [0.29, 0.717) is 0 Å². The van der Waals surface area contributed by atoms with Gasteiger partial charge in [0.25, 0.3) is 0 Å². The second-order valence-corrected chi connectivity index (χ2v) is 7.15. The van der Waals surface area contributed by atoms with Crippen LogP contribution in [0.5, 0.6) is 0 Å². The Morgan fingerprint density at radius 2 is 2.12 bits per heavy atom. The Morgan fingerprint density at radius 3 is 2.76 bits per heavy atom. The van der Waals surface area contributed by atoms with Crippen molar-refractivity contribution in [1.29, 1.82) is 0 Å². The summed E-state index contributed by atoms with van der Waals surface area (Å²) in [6.07, 6.45) is 4.12. The van der Waals surface area contributed by atoms with Gasteiger partial charge in [-0.25, -0.2) is 0 Å². The van der Waals surface area contributed by atoms with Gasteiger partial charge in [0.2, 0.25) is 0 Å². The van der Waals surface area contributed by atoms with E-state index in [1.807, 2.05) is 0 Å². The molecule has 4 unspecified atom stereocenters. The van der Waals surface area contributed by atoms with Crippen LogP contribution >= 0.6 is 11.8 Å². The summed E-state index contributed by atoms with van der Waals surface area (Å²) >= 11 is 2.15. The summed E-state index contributed by atoms with van der Waals surface area (Å²) in [5, 5.41) is 4.41. The fraction of sp³-hybridized carbons (Fsp3) is 1.00. The maximum Gasteiger partial charge on any atom is 0.0187 e. The van der Waals surface area contributed by atoms with Crippen molar-refractivity contribution in [3.8, 4) is 0 Å². The smallest absolute Gasteiger partial charge is 0.0187 e. The normalized spacial score (nSPS) is 39.0. The molecule has 0 amide bonds. The Labute approximate surface area is 111 Å². The van der Waals surface area contributed by atoms with Gasteiger partial charge in [-0.05, 0) is 45.2 Å². The number of hydrogen-bond donors (Lipinski definition) is 1. The van der Waals surface area contributed by atoms with Gasteiger partial charge in [-0.15, -0.1) is 0 Å². The molecule has 2 rings (SSSR count). The van der Waals surface area contributed by atoms with Crippen LogP contribution in [0.1, 0.15) is 40.0 Å². The zero-order chi connectivity index (χ0) is 12.3. The van der Waals surface area contributed by atoms with Crippen LogP contribution in [0, 0.1) is 5.92 Å². The molecule has 1 aliphatic carbocycles. The Bertz CT molecular complexity index is 234. The molecule has 0 aromatic heterocycles. The first-order valence-corrected chi connectivity index (χ1v) is 8.37. The SMILES string of the molecule is CCCNCC1CCC1N1CCSC(C)C1C. The maximum absolute atomic E-state index is 3.60. The maximum atomic E-state index is 3.60. The van der Waals surface area contributed by atoms with Gasteiger partial charge >= 0.3 is 0 Å². The molecule has 4 atom stereocenters. The lowest BCUT2D eigenvalue weighted by Crippen LogP contribution is -2.57. The molecular weight excluding hydrogens is 228 g/mol. The molecule has 2 aliphatic rings. The van der Waals surface area contributed by atoms with Crippen LogP contribution in [0.4, 0.5) is 0 Å². The Hall–Kier alpha value is 0.270.